The molecule has 126 valence electrons. The molecule has 0 unspecified atom stereocenters. The highest BCUT2D eigenvalue weighted by atomic mass is 35.5. The van der Waals surface area contributed by atoms with Crippen molar-refractivity contribution in [2.45, 2.75) is 0 Å². The molecule has 8 heteroatoms. The summed E-state index contributed by atoms with van der Waals surface area (Å²) in [5.74, 6) is -0.162. The lowest BCUT2D eigenvalue weighted by Crippen LogP contribution is -2.44. The molecule has 0 aliphatic carbocycles. The molecule has 2 aromatic rings. The second-order valence-electron chi connectivity index (χ2n) is 4.86. The van der Waals surface area contributed by atoms with Crippen molar-refractivity contribution in [2.75, 3.05) is 0 Å². The van der Waals surface area contributed by atoms with Crippen LogP contribution in [0.1, 0.15) is 16.1 Å². The van der Waals surface area contributed by atoms with Crippen LogP contribution in [0, 0.1) is 0 Å². The second kappa shape index (κ2) is 7.69. The monoisotopic (exact) mass is 390 g/mol. The normalized spacial score (nSPS) is 16.2. The molecule has 1 fully saturated rings. The largest absolute Gasteiger partial charge is 0.465 e. The van der Waals surface area contributed by atoms with Crippen molar-refractivity contribution in [1.82, 2.24) is 10.4 Å². The van der Waals surface area contributed by atoms with Crippen molar-refractivity contribution >= 4 is 57.8 Å². The zero-order chi connectivity index (χ0) is 17.8. The minimum atomic E-state index is -0.444. The fourth-order valence-corrected chi connectivity index (χ4v) is 3.22. The SMILES string of the molecule is O=C(NN1C(=O)C(=CC=Cc2ccco2)SC1=S)c1ccc(Cl)cc1. The number of rotatable bonds is 4. The average Bonchev–Trinajstić information content (AvgIpc) is 3.20. The van der Waals surface area contributed by atoms with Crippen LogP contribution in [0.15, 0.2) is 64.1 Å². The Labute approximate surface area is 158 Å². The van der Waals surface area contributed by atoms with Gasteiger partial charge in [-0.15, -0.1) is 0 Å². The number of halogens is 1. The predicted molar refractivity (Wildman–Crippen MR) is 102 cm³/mol. The number of hydrogen-bond donors (Lipinski definition) is 1. The zero-order valence-corrected chi connectivity index (χ0v) is 15.0. The van der Waals surface area contributed by atoms with Crippen LogP contribution in [0.5, 0.6) is 0 Å². The molecule has 1 saturated heterocycles. The first-order chi connectivity index (χ1) is 12.0. The van der Waals surface area contributed by atoms with Crippen LogP contribution in [0.25, 0.3) is 6.08 Å². The third kappa shape index (κ3) is 4.19. The van der Waals surface area contributed by atoms with Gasteiger partial charge < -0.3 is 4.42 Å². The van der Waals surface area contributed by atoms with Gasteiger partial charge in [-0.25, -0.2) is 0 Å². The summed E-state index contributed by atoms with van der Waals surface area (Å²) in [5.41, 5.74) is 2.88. The Kier molecular flexibility index (Phi) is 5.37. The maximum absolute atomic E-state index is 12.4. The molecule has 1 N–H and O–H groups in total. The molecule has 5 nitrogen and oxygen atoms in total. The number of nitrogens with zero attached hydrogens (tertiary/aromatic N) is 1. The number of hydrogen-bond acceptors (Lipinski definition) is 5. The van der Waals surface area contributed by atoms with Gasteiger partial charge in [0.25, 0.3) is 11.8 Å². The van der Waals surface area contributed by atoms with E-state index < -0.39 is 5.91 Å². The lowest BCUT2D eigenvalue weighted by atomic mass is 10.2. The number of hydrazine groups is 1. The Bertz CT molecular complexity index is 874. The van der Waals surface area contributed by atoms with Gasteiger partial charge in [-0.1, -0.05) is 29.4 Å². The van der Waals surface area contributed by atoms with Crippen molar-refractivity contribution in [3.63, 3.8) is 0 Å². The summed E-state index contributed by atoms with van der Waals surface area (Å²) in [6.45, 7) is 0. The van der Waals surface area contributed by atoms with Gasteiger partial charge in [0.05, 0.1) is 11.2 Å². The number of benzene rings is 1. The molecule has 1 aliphatic rings. The minimum Gasteiger partial charge on any atom is -0.465 e. The number of furan rings is 1. The topological polar surface area (TPSA) is 62.6 Å². The fraction of sp³-hybridized carbons (Fsp3) is 0. The van der Waals surface area contributed by atoms with E-state index in [-0.39, 0.29) is 10.2 Å². The molecule has 2 heterocycles. The number of amides is 2. The molecule has 2 amide bonds. The maximum atomic E-state index is 12.4. The molecule has 0 radical (unpaired) electrons. The van der Waals surface area contributed by atoms with Crippen molar-refractivity contribution < 1.29 is 14.0 Å². The first kappa shape index (κ1) is 17.5. The molecule has 25 heavy (non-hydrogen) atoms. The van der Waals surface area contributed by atoms with Crippen LogP contribution in [0.4, 0.5) is 0 Å². The van der Waals surface area contributed by atoms with Crippen LogP contribution in [-0.4, -0.2) is 21.1 Å². The molecule has 0 saturated carbocycles. The van der Waals surface area contributed by atoms with Gasteiger partial charge in [0, 0.05) is 10.6 Å². The second-order valence-corrected chi connectivity index (χ2v) is 6.97. The average molecular weight is 391 g/mol. The highest BCUT2D eigenvalue weighted by Gasteiger charge is 2.33. The summed E-state index contributed by atoms with van der Waals surface area (Å²) in [6.07, 6.45) is 6.59. The van der Waals surface area contributed by atoms with E-state index in [1.807, 2.05) is 0 Å². The van der Waals surface area contributed by atoms with Gasteiger partial charge in [0.15, 0.2) is 4.32 Å². The third-order valence-electron chi connectivity index (χ3n) is 3.16. The van der Waals surface area contributed by atoms with E-state index in [1.165, 1.54) is 0 Å². The van der Waals surface area contributed by atoms with Crippen molar-refractivity contribution in [2.24, 2.45) is 0 Å². The van der Waals surface area contributed by atoms with Crippen molar-refractivity contribution in [1.29, 1.82) is 0 Å². The van der Waals surface area contributed by atoms with E-state index in [1.54, 1.807) is 60.9 Å². The molecule has 3 rings (SSSR count). The van der Waals surface area contributed by atoms with E-state index in [4.69, 9.17) is 28.2 Å². The highest BCUT2D eigenvalue weighted by molar-refractivity contribution is 8.26. The standard InChI is InChI=1S/C17H11ClN2O3S2/c18-12-8-6-11(7-9-12)15(21)19-20-16(22)14(25-17(20)24)5-1-3-13-4-2-10-23-13/h1-10H,(H,19,21). The van der Waals surface area contributed by atoms with E-state index >= 15 is 0 Å². The Morgan fingerprint density at radius 3 is 2.72 bits per heavy atom. The van der Waals surface area contributed by atoms with Crippen molar-refractivity contribution in [3.05, 3.63) is 76.1 Å². The smallest absolute Gasteiger partial charge is 0.285 e. The molecule has 1 aromatic carbocycles. The summed E-state index contributed by atoms with van der Waals surface area (Å²) < 4.78 is 5.42. The number of carbonyl (C=O) groups is 2. The highest BCUT2D eigenvalue weighted by Crippen LogP contribution is 2.29. The number of nitrogens with one attached hydrogen (secondary N) is 1. The molecule has 1 aliphatic heterocycles. The summed E-state index contributed by atoms with van der Waals surface area (Å²) in [7, 11) is 0. The number of carbonyl (C=O) groups excluding carboxylic acids is 2. The van der Waals surface area contributed by atoms with Crippen LogP contribution < -0.4 is 5.43 Å². The summed E-state index contributed by atoms with van der Waals surface area (Å²) in [4.78, 5) is 25.0. The number of thioether (sulfide) groups is 1. The van der Waals surface area contributed by atoms with E-state index in [0.717, 1.165) is 16.8 Å². The van der Waals surface area contributed by atoms with Gasteiger partial charge in [0.1, 0.15) is 5.76 Å². The van der Waals surface area contributed by atoms with E-state index in [2.05, 4.69) is 5.43 Å². The first-order valence-corrected chi connectivity index (χ1v) is 8.69. The summed E-state index contributed by atoms with van der Waals surface area (Å²) >= 11 is 12.1. The van der Waals surface area contributed by atoms with Gasteiger partial charge in [-0.05, 0) is 60.8 Å². The molecule has 1 aromatic heterocycles. The van der Waals surface area contributed by atoms with Crippen LogP contribution in [-0.2, 0) is 4.79 Å². The maximum Gasteiger partial charge on any atom is 0.285 e. The molecule has 0 bridgehead atoms. The lowest BCUT2D eigenvalue weighted by Gasteiger charge is -2.15. The Morgan fingerprint density at radius 1 is 1.28 bits per heavy atom. The lowest BCUT2D eigenvalue weighted by molar-refractivity contribution is -0.123. The summed E-state index contributed by atoms with van der Waals surface area (Å²) in [5, 5.41) is 1.58. The molecular weight excluding hydrogens is 380 g/mol. The third-order valence-corrected chi connectivity index (χ3v) is 4.74. The number of allylic oxidation sites excluding steroid dienone is 2. The Balaban J connectivity index is 1.68. The van der Waals surface area contributed by atoms with E-state index in [9.17, 15) is 9.59 Å². The first-order valence-electron chi connectivity index (χ1n) is 7.09. The summed E-state index contributed by atoms with van der Waals surface area (Å²) in [6, 6.07) is 9.89. The van der Waals surface area contributed by atoms with Gasteiger partial charge in [0.2, 0.25) is 0 Å². The van der Waals surface area contributed by atoms with Gasteiger partial charge in [-0.2, -0.15) is 5.01 Å². The molecular formula is C17H11ClN2O3S2. The predicted octanol–water partition coefficient (Wildman–Crippen LogP) is 4.04. The molecule has 0 atom stereocenters. The zero-order valence-electron chi connectivity index (χ0n) is 12.6. The van der Waals surface area contributed by atoms with Crippen LogP contribution in [0.2, 0.25) is 5.02 Å². The van der Waals surface area contributed by atoms with E-state index in [0.29, 0.717) is 21.3 Å². The van der Waals surface area contributed by atoms with Crippen molar-refractivity contribution in [3.8, 4) is 0 Å². The van der Waals surface area contributed by atoms with Gasteiger partial charge in [-0.3, -0.25) is 15.0 Å². The van der Waals surface area contributed by atoms with Gasteiger partial charge >= 0.3 is 0 Å². The van der Waals surface area contributed by atoms with Crippen LogP contribution in [0.3, 0.4) is 0 Å². The quantitative estimate of drug-likeness (QED) is 0.630. The number of thiocarbonyl (C=S) groups is 1. The van der Waals surface area contributed by atoms with Crippen LogP contribution >= 0.6 is 35.6 Å². The Morgan fingerprint density at radius 2 is 2.04 bits per heavy atom. The fourth-order valence-electron chi connectivity index (χ4n) is 1.96. The Hall–Kier alpha value is -2.35. The molecule has 0 spiro atoms. The minimum absolute atomic E-state index is 0.255.